The van der Waals surface area contributed by atoms with E-state index in [1.54, 1.807) is 24.3 Å². The van der Waals surface area contributed by atoms with Crippen LogP contribution >= 0.6 is 75.9 Å². The number of phenols is 2. The summed E-state index contributed by atoms with van der Waals surface area (Å²) >= 11 is 18.2. The highest BCUT2D eigenvalue weighted by Gasteiger charge is 2.06. The summed E-state index contributed by atoms with van der Waals surface area (Å²) in [6.07, 6.45) is 2.83. The Kier molecular flexibility index (Phi) is 8.02. The van der Waals surface area contributed by atoms with Gasteiger partial charge in [-0.2, -0.15) is 10.2 Å². The van der Waals surface area contributed by atoms with E-state index in [1.807, 2.05) is 0 Å². The minimum atomic E-state index is 0.0614. The molecular formula is C15H10Br4N4O2S. The Morgan fingerprint density at radius 1 is 0.808 bits per heavy atom. The zero-order valence-corrected chi connectivity index (χ0v) is 19.8. The second kappa shape index (κ2) is 9.79. The molecule has 2 aromatic carbocycles. The van der Waals surface area contributed by atoms with Crippen LogP contribution in [0.15, 0.2) is 52.4 Å². The number of nitrogens with one attached hydrogen (secondary N) is 2. The fraction of sp³-hybridized carbons (Fsp3) is 0. The topological polar surface area (TPSA) is 89.2 Å². The predicted octanol–water partition coefficient (Wildman–Crippen LogP) is 4.98. The molecule has 2 rings (SSSR count). The van der Waals surface area contributed by atoms with E-state index in [0.717, 1.165) is 8.95 Å². The monoisotopic (exact) mass is 626 g/mol. The Balaban J connectivity index is 1.96. The fourth-order valence-corrected chi connectivity index (χ4v) is 4.34. The SMILES string of the molecule is Oc1c(Br)cc(Br)cc1C=NNC(=S)NN=Cc1cc(Br)cc(Br)c1O. The van der Waals surface area contributed by atoms with Crippen molar-refractivity contribution in [3.63, 3.8) is 0 Å². The van der Waals surface area contributed by atoms with Crippen molar-refractivity contribution in [3.8, 4) is 11.5 Å². The summed E-state index contributed by atoms with van der Waals surface area (Å²) in [6, 6.07) is 6.84. The normalized spacial score (nSPS) is 11.2. The first-order chi connectivity index (χ1) is 12.3. The second-order valence-corrected chi connectivity index (χ2v) is 8.67. The van der Waals surface area contributed by atoms with Crippen molar-refractivity contribution >= 4 is 93.5 Å². The van der Waals surface area contributed by atoms with Gasteiger partial charge in [-0.25, -0.2) is 0 Å². The Bertz CT molecular complexity index is 834. The molecule has 11 heteroatoms. The first-order valence-electron chi connectivity index (χ1n) is 6.76. The number of benzene rings is 2. The van der Waals surface area contributed by atoms with Gasteiger partial charge >= 0.3 is 0 Å². The van der Waals surface area contributed by atoms with Crippen LogP contribution in [0.4, 0.5) is 0 Å². The highest BCUT2D eigenvalue weighted by molar-refractivity contribution is 9.11. The second-order valence-electron chi connectivity index (χ2n) is 4.72. The van der Waals surface area contributed by atoms with Crippen LogP contribution in [0.3, 0.4) is 0 Å². The molecule has 0 unspecified atom stereocenters. The maximum Gasteiger partial charge on any atom is 0.207 e. The third-order valence-electron chi connectivity index (χ3n) is 2.85. The van der Waals surface area contributed by atoms with Crippen LogP contribution in [0.25, 0.3) is 0 Å². The quantitative estimate of drug-likeness (QED) is 0.218. The van der Waals surface area contributed by atoms with E-state index in [4.69, 9.17) is 12.2 Å². The number of hydrogen-bond acceptors (Lipinski definition) is 5. The summed E-state index contributed by atoms with van der Waals surface area (Å²) in [7, 11) is 0. The summed E-state index contributed by atoms with van der Waals surface area (Å²) < 4.78 is 2.65. The van der Waals surface area contributed by atoms with Crippen LogP contribution in [0.2, 0.25) is 0 Å². The minimum Gasteiger partial charge on any atom is -0.506 e. The Hall–Kier alpha value is -1.01. The third-order valence-corrected chi connectivity index (χ3v) is 5.16. The van der Waals surface area contributed by atoms with E-state index in [9.17, 15) is 10.2 Å². The average Bonchev–Trinajstić information content (AvgIpc) is 2.56. The van der Waals surface area contributed by atoms with Crippen molar-refractivity contribution in [2.75, 3.05) is 0 Å². The molecule has 0 aromatic heterocycles. The molecule has 0 aliphatic rings. The molecule has 136 valence electrons. The largest absolute Gasteiger partial charge is 0.506 e. The van der Waals surface area contributed by atoms with Gasteiger partial charge in [-0.15, -0.1) is 0 Å². The number of rotatable bonds is 4. The van der Waals surface area contributed by atoms with E-state index in [0.29, 0.717) is 20.1 Å². The van der Waals surface area contributed by atoms with Gasteiger partial charge in [0.15, 0.2) is 0 Å². The molecule has 0 bridgehead atoms. The van der Waals surface area contributed by atoms with Gasteiger partial charge in [0.05, 0.1) is 21.4 Å². The van der Waals surface area contributed by atoms with Crippen molar-refractivity contribution in [2.45, 2.75) is 0 Å². The summed E-state index contributed by atoms with van der Waals surface area (Å²) in [5.74, 6) is 0.123. The van der Waals surface area contributed by atoms with Gasteiger partial charge in [0.2, 0.25) is 5.11 Å². The molecule has 0 aliphatic heterocycles. The lowest BCUT2D eigenvalue weighted by Gasteiger charge is -2.05. The molecule has 0 saturated carbocycles. The first-order valence-corrected chi connectivity index (χ1v) is 10.3. The molecule has 0 aliphatic carbocycles. The summed E-state index contributed by atoms with van der Waals surface area (Å²) in [4.78, 5) is 0. The number of thiocarbonyl (C=S) groups is 1. The van der Waals surface area contributed by atoms with Gasteiger partial charge in [0.25, 0.3) is 0 Å². The van der Waals surface area contributed by atoms with Gasteiger partial charge in [0.1, 0.15) is 11.5 Å². The number of hydrogen-bond donors (Lipinski definition) is 4. The van der Waals surface area contributed by atoms with Gasteiger partial charge in [-0.3, -0.25) is 10.9 Å². The number of halogens is 4. The number of hydrazone groups is 2. The Morgan fingerprint density at radius 3 is 1.58 bits per heavy atom. The standard InChI is InChI=1S/C15H10Br4N4O2S/c16-9-1-7(13(24)11(18)3-9)5-20-22-15(26)23-21-6-8-2-10(17)4-12(19)14(8)25/h1-6,24-25H,(H2,22,23,26). The van der Waals surface area contributed by atoms with E-state index in [1.165, 1.54) is 12.4 Å². The maximum absolute atomic E-state index is 9.94. The smallest absolute Gasteiger partial charge is 0.207 e. The van der Waals surface area contributed by atoms with Gasteiger partial charge in [-0.05, 0) is 68.3 Å². The van der Waals surface area contributed by atoms with Gasteiger partial charge in [0, 0.05) is 20.1 Å². The molecule has 6 nitrogen and oxygen atoms in total. The average molecular weight is 630 g/mol. The zero-order chi connectivity index (χ0) is 19.3. The molecule has 0 fully saturated rings. The highest BCUT2D eigenvalue weighted by atomic mass is 79.9. The molecule has 0 saturated heterocycles. The Labute approximate surface area is 188 Å². The van der Waals surface area contributed by atoms with E-state index >= 15 is 0 Å². The molecule has 0 atom stereocenters. The van der Waals surface area contributed by atoms with Crippen molar-refractivity contribution in [1.29, 1.82) is 0 Å². The molecule has 2 aromatic rings. The van der Waals surface area contributed by atoms with Gasteiger partial charge < -0.3 is 10.2 Å². The number of nitrogens with zero attached hydrogens (tertiary/aromatic N) is 2. The summed E-state index contributed by atoms with van der Waals surface area (Å²) in [5, 5.41) is 27.9. The van der Waals surface area contributed by atoms with Crippen molar-refractivity contribution in [2.24, 2.45) is 10.2 Å². The first kappa shape index (κ1) is 21.3. The predicted molar refractivity (Wildman–Crippen MR) is 121 cm³/mol. The van der Waals surface area contributed by atoms with Crippen LogP contribution in [0.5, 0.6) is 11.5 Å². The van der Waals surface area contributed by atoms with Crippen LogP contribution < -0.4 is 10.9 Å². The molecule has 4 N–H and O–H groups in total. The number of aromatic hydroxyl groups is 2. The van der Waals surface area contributed by atoms with Crippen LogP contribution in [0, 0.1) is 0 Å². The molecule has 0 heterocycles. The van der Waals surface area contributed by atoms with E-state index in [2.05, 4.69) is 84.8 Å². The summed E-state index contributed by atoms with van der Waals surface area (Å²) in [5.41, 5.74) is 6.14. The van der Waals surface area contributed by atoms with Crippen LogP contribution in [0.1, 0.15) is 11.1 Å². The van der Waals surface area contributed by atoms with E-state index in [-0.39, 0.29) is 16.6 Å². The van der Waals surface area contributed by atoms with Crippen LogP contribution in [-0.2, 0) is 0 Å². The lowest BCUT2D eigenvalue weighted by atomic mass is 10.2. The van der Waals surface area contributed by atoms with Crippen LogP contribution in [-0.4, -0.2) is 27.8 Å². The van der Waals surface area contributed by atoms with Gasteiger partial charge in [-0.1, -0.05) is 31.9 Å². The van der Waals surface area contributed by atoms with Crippen molar-refractivity contribution < 1.29 is 10.2 Å². The Morgan fingerprint density at radius 2 is 1.19 bits per heavy atom. The summed E-state index contributed by atoms with van der Waals surface area (Å²) in [6.45, 7) is 0. The van der Waals surface area contributed by atoms with Crippen molar-refractivity contribution in [3.05, 3.63) is 53.3 Å². The number of phenolic OH excluding ortho intramolecular Hbond substituents is 2. The van der Waals surface area contributed by atoms with Crippen molar-refractivity contribution in [1.82, 2.24) is 10.9 Å². The molecule has 0 amide bonds. The van der Waals surface area contributed by atoms with E-state index < -0.39 is 0 Å². The third kappa shape index (κ3) is 6.02. The molecule has 0 spiro atoms. The highest BCUT2D eigenvalue weighted by Crippen LogP contribution is 2.31. The molecule has 26 heavy (non-hydrogen) atoms. The molecular weight excluding hydrogens is 620 g/mol. The maximum atomic E-state index is 9.94. The lowest BCUT2D eigenvalue weighted by Crippen LogP contribution is -2.28. The lowest BCUT2D eigenvalue weighted by molar-refractivity contribution is 0.470. The minimum absolute atomic E-state index is 0.0614. The zero-order valence-electron chi connectivity index (χ0n) is 12.7. The molecule has 0 radical (unpaired) electrons. The fourth-order valence-electron chi connectivity index (χ4n) is 1.71.